The average Bonchev–Trinajstić information content (AvgIpc) is 2.76. The number of hydrogen-bond donors (Lipinski definition) is 0. The van der Waals surface area contributed by atoms with Gasteiger partial charge in [-0.3, -0.25) is 4.79 Å². The molecule has 1 unspecified atom stereocenters. The minimum Gasteiger partial charge on any atom is -0.497 e. The van der Waals surface area contributed by atoms with Gasteiger partial charge in [0.15, 0.2) is 0 Å². The molecule has 0 spiro atoms. The predicted molar refractivity (Wildman–Crippen MR) is 85.1 cm³/mol. The lowest BCUT2D eigenvalue weighted by molar-refractivity contribution is -0.126. The summed E-state index contributed by atoms with van der Waals surface area (Å²) in [6, 6.07) is 5.52. The molecule has 0 bridgehead atoms. The Morgan fingerprint density at radius 2 is 1.95 bits per heavy atom. The third kappa shape index (κ3) is 4.49. The van der Waals surface area contributed by atoms with Crippen LogP contribution in [0.25, 0.3) is 6.08 Å². The largest absolute Gasteiger partial charge is 0.497 e. The Balaban J connectivity index is 2.08. The van der Waals surface area contributed by atoms with E-state index < -0.39 is 0 Å². The van der Waals surface area contributed by atoms with Crippen LogP contribution in [0.3, 0.4) is 0 Å². The zero-order chi connectivity index (χ0) is 15.9. The van der Waals surface area contributed by atoms with Crippen LogP contribution in [0.5, 0.6) is 11.5 Å². The monoisotopic (exact) mass is 305 g/mol. The summed E-state index contributed by atoms with van der Waals surface area (Å²) < 4.78 is 15.9. The highest BCUT2D eigenvalue weighted by molar-refractivity contribution is 5.92. The van der Waals surface area contributed by atoms with Crippen molar-refractivity contribution in [3.05, 3.63) is 29.8 Å². The van der Waals surface area contributed by atoms with Gasteiger partial charge in [0.05, 0.1) is 27.4 Å². The van der Waals surface area contributed by atoms with Crippen LogP contribution in [0.4, 0.5) is 0 Å². The lowest BCUT2D eigenvalue weighted by atomic mass is 10.1. The zero-order valence-corrected chi connectivity index (χ0v) is 13.4. The number of carbonyl (C=O) groups is 1. The standard InChI is InChI=1S/C17H23NO4/c1-13-11-18(6-7-22-12-13)17(19)5-4-14-8-15(20-2)10-16(9-14)21-3/h4-5,8-10,13H,6-7,11-12H2,1-3H3/b5-4+. The Hall–Kier alpha value is -2.01. The van der Waals surface area contributed by atoms with Crippen LogP contribution < -0.4 is 9.47 Å². The highest BCUT2D eigenvalue weighted by Gasteiger charge is 2.17. The number of hydrogen-bond acceptors (Lipinski definition) is 4. The molecule has 1 aliphatic rings. The van der Waals surface area contributed by atoms with Crippen molar-refractivity contribution in [1.82, 2.24) is 4.90 Å². The molecule has 0 N–H and O–H groups in total. The van der Waals surface area contributed by atoms with E-state index in [-0.39, 0.29) is 5.91 Å². The summed E-state index contributed by atoms with van der Waals surface area (Å²) in [4.78, 5) is 14.1. The number of methoxy groups -OCH3 is 2. The van der Waals surface area contributed by atoms with Gasteiger partial charge in [0.2, 0.25) is 5.91 Å². The maximum Gasteiger partial charge on any atom is 0.246 e. The number of rotatable bonds is 4. The first-order valence-corrected chi connectivity index (χ1v) is 7.40. The Labute approximate surface area is 131 Å². The maximum absolute atomic E-state index is 12.3. The summed E-state index contributed by atoms with van der Waals surface area (Å²) in [5.74, 6) is 1.75. The Morgan fingerprint density at radius 3 is 2.59 bits per heavy atom. The molecule has 120 valence electrons. The molecule has 1 amide bonds. The van der Waals surface area contributed by atoms with Gasteiger partial charge in [-0.25, -0.2) is 0 Å². The van der Waals surface area contributed by atoms with E-state index >= 15 is 0 Å². The predicted octanol–water partition coefficient (Wildman–Crippen LogP) is 2.21. The Bertz CT molecular complexity index is 519. The Morgan fingerprint density at radius 1 is 1.27 bits per heavy atom. The third-order valence-electron chi connectivity index (χ3n) is 3.54. The summed E-state index contributed by atoms with van der Waals surface area (Å²) in [5, 5.41) is 0. The fourth-order valence-corrected chi connectivity index (χ4v) is 2.38. The Kier molecular flexibility index (Phi) is 5.83. The van der Waals surface area contributed by atoms with Gasteiger partial charge in [0.25, 0.3) is 0 Å². The number of benzene rings is 1. The smallest absolute Gasteiger partial charge is 0.246 e. The van der Waals surface area contributed by atoms with Crippen molar-refractivity contribution < 1.29 is 19.0 Å². The highest BCUT2D eigenvalue weighted by atomic mass is 16.5. The van der Waals surface area contributed by atoms with Gasteiger partial charge in [0.1, 0.15) is 11.5 Å². The van der Waals surface area contributed by atoms with Crippen LogP contribution in [0.2, 0.25) is 0 Å². The molecule has 1 fully saturated rings. The van der Waals surface area contributed by atoms with E-state index in [9.17, 15) is 4.79 Å². The normalized spacial score (nSPS) is 19.0. The van der Waals surface area contributed by atoms with Crippen molar-refractivity contribution >= 4 is 12.0 Å². The van der Waals surface area contributed by atoms with E-state index in [1.807, 2.05) is 17.0 Å². The lowest BCUT2D eigenvalue weighted by Crippen LogP contribution is -2.33. The number of nitrogens with zero attached hydrogens (tertiary/aromatic N) is 1. The third-order valence-corrected chi connectivity index (χ3v) is 3.54. The van der Waals surface area contributed by atoms with Gasteiger partial charge in [0, 0.05) is 25.2 Å². The van der Waals surface area contributed by atoms with Gasteiger partial charge in [-0.2, -0.15) is 0 Å². The lowest BCUT2D eigenvalue weighted by Gasteiger charge is -2.20. The van der Waals surface area contributed by atoms with Gasteiger partial charge < -0.3 is 19.1 Å². The average molecular weight is 305 g/mol. The zero-order valence-electron chi connectivity index (χ0n) is 13.4. The van der Waals surface area contributed by atoms with E-state index in [1.165, 1.54) is 0 Å². The second kappa shape index (κ2) is 7.84. The van der Waals surface area contributed by atoms with E-state index in [2.05, 4.69) is 6.92 Å². The number of carbonyl (C=O) groups excluding carboxylic acids is 1. The fraction of sp³-hybridized carbons (Fsp3) is 0.471. The van der Waals surface area contributed by atoms with Gasteiger partial charge in [-0.05, 0) is 29.7 Å². The van der Waals surface area contributed by atoms with Crippen LogP contribution in [0.15, 0.2) is 24.3 Å². The molecular weight excluding hydrogens is 282 g/mol. The summed E-state index contributed by atoms with van der Waals surface area (Å²) >= 11 is 0. The maximum atomic E-state index is 12.3. The summed E-state index contributed by atoms with van der Waals surface area (Å²) in [7, 11) is 3.21. The van der Waals surface area contributed by atoms with Crippen LogP contribution >= 0.6 is 0 Å². The van der Waals surface area contributed by atoms with Crippen molar-refractivity contribution in [2.45, 2.75) is 6.92 Å². The first-order valence-electron chi connectivity index (χ1n) is 7.40. The van der Waals surface area contributed by atoms with E-state index in [1.54, 1.807) is 32.4 Å². The minimum absolute atomic E-state index is 0.000799. The molecular formula is C17H23NO4. The molecule has 2 rings (SSSR count). The second-order valence-electron chi connectivity index (χ2n) is 5.44. The first kappa shape index (κ1) is 16.4. The first-order chi connectivity index (χ1) is 10.6. The van der Waals surface area contributed by atoms with Crippen LogP contribution in [-0.2, 0) is 9.53 Å². The molecule has 5 nitrogen and oxygen atoms in total. The molecule has 1 heterocycles. The number of ether oxygens (including phenoxy) is 3. The molecule has 0 saturated carbocycles. The second-order valence-corrected chi connectivity index (χ2v) is 5.44. The van der Waals surface area contributed by atoms with Crippen molar-refractivity contribution in [1.29, 1.82) is 0 Å². The van der Waals surface area contributed by atoms with Crippen molar-refractivity contribution in [2.75, 3.05) is 40.5 Å². The molecule has 0 aromatic heterocycles. The van der Waals surface area contributed by atoms with Crippen molar-refractivity contribution in [2.24, 2.45) is 5.92 Å². The van der Waals surface area contributed by atoms with E-state index in [4.69, 9.17) is 14.2 Å². The molecule has 1 atom stereocenters. The van der Waals surface area contributed by atoms with E-state index in [0.29, 0.717) is 37.2 Å². The molecule has 22 heavy (non-hydrogen) atoms. The molecule has 1 aliphatic heterocycles. The van der Waals surface area contributed by atoms with Crippen molar-refractivity contribution in [3.63, 3.8) is 0 Å². The van der Waals surface area contributed by atoms with Crippen LogP contribution in [0, 0.1) is 5.92 Å². The molecule has 1 aromatic carbocycles. The molecule has 0 aliphatic carbocycles. The summed E-state index contributed by atoms with van der Waals surface area (Å²) in [5.41, 5.74) is 0.865. The van der Waals surface area contributed by atoms with Gasteiger partial charge >= 0.3 is 0 Å². The van der Waals surface area contributed by atoms with Crippen LogP contribution in [-0.4, -0.2) is 51.3 Å². The summed E-state index contributed by atoms with van der Waals surface area (Å²) in [6.07, 6.45) is 3.37. The number of amides is 1. The molecule has 0 radical (unpaired) electrons. The van der Waals surface area contributed by atoms with Crippen LogP contribution in [0.1, 0.15) is 12.5 Å². The fourth-order valence-electron chi connectivity index (χ4n) is 2.38. The molecule has 5 heteroatoms. The highest BCUT2D eigenvalue weighted by Crippen LogP contribution is 2.23. The minimum atomic E-state index is -0.000799. The summed E-state index contributed by atoms with van der Waals surface area (Å²) in [6.45, 7) is 4.75. The van der Waals surface area contributed by atoms with Gasteiger partial charge in [-0.1, -0.05) is 6.92 Å². The quantitative estimate of drug-likeness (QED) is 0.800. The molecule has 1 aromatic rings. The van der Waals surface area contributed by atoms with Crippen molar-refractivity contribution in [3.8, 4) is 11.5 Å². The van der Waals surface area contributed by atoms with E-state index in [0.717, 1.165) is 12.1 Å². The van der Waals surface area contributed by atoms with Gasteiger partial charge in [-0.15, -0.1) is 0 Å². The topological polar surface area (TPSA) is 48.0 Å². The molecule has 1 saturated heterocycles. The SMILES string of the molecule is COc1cc(/C=C/C(=O)N2CCOCC(C)C2)cc(OC)c1.